The maximum Gasteiger partial charge on any atom is 0.346 e. The fourth-order valence-corrected chi connectivity index (χ4v) is 2.99. The number of para-hydroxylation sites is 2. The molecule has 0 spiro atoms. The van der Waals surface area contributed by atoms with Crippen molar-refractivity contribution >= 4 is 15.8 Å². The van der Waals surface area contributed by atoms with Gasteiger partial charge in [0.2, 0.25) is 0 Å². The topological polar surface area (TPSA) is 86.5 Å². The zero-order chi connectivity index (χ0) is 15.5. The van der Waals surface area contributed by atoms with Crippen LogP contribution in [-0.4, -0.2) is 13.3 Å². The maximum absolute atomic E-state index is 12.3. The molecule has 0 saturated heterocycles. The molecule has 21 heavy (non-hydrogen) atoms. The van der Waals surface area contributed by atoms with Gasteiger partial charge in [-0.15, -0.1) is 0 Å². The van der Waals surface area contributed by atoms with Crippen LogP contribution >= 0.6 is 0 Å². The lowest BCUT2D eigenvalue weighted by Gasteiger charge is -2.10. The average Bonchev–Trinajstić information content (AvgIpc) is 2.47. The molecule has 2 rings (SSSR count). The minimum atomic E-state index is -4.26. The molecule has 2 aromatic carbocycles. The van der Waals surface area contributed by atoms with Crippen molar-refractivity contribution in [3.63, 3.8) is 0 Å². The number of nitro benzene ring substituents is 1. The van der Waals surface area contributed by atoms with Crippen molar-refractivity contribution in [1.29, 1.82) is 0 Å². The van der Waals surface area contributed by atoms with E-state index in [1.807, 2.05) is 6.92 Å². The van der Waals surface area contributed by atoms with Gasteiger partial charge in [-0.3, -0.25) is 10.1 Å². The van der Waals surface area contributed by atoms with Crippen LogP contribution in [-0.2, 0) is 16.5 Å². The first-order chi connectivity index (χ1) is 9.95. The SMILES string of the molecule is CCc1ccccc1OS(=O)(=O)c1ccccc1[N+](=O)[O-]. The number of benzene rings is 2. The second-order valence-electron chi connectivity index (χ2n) is 4.22. The molecule has 6 nitrogen and oxygen atoms in total. The molecular weight excluding hydrogens is 294 g/mol. The monoisotopic (exact) mass is 307 g/mol. The van der Waals surface area contributed by atoms with Crippen molar-refractivity contribution in [3.05, 3.63) is 64.2 Å². The summed E-state index contributed by atoms with van der Waals surface area (Å²) >= 11 is 0. The standard InChI is InChI=1S/C14H13NO5S/c1-2-11-7-3-5-9-13(11)20-21(18,19)14-10-6-4-8-12(14)15(16)17/h3-10H,2H2,1H3. The third kappa shape index (κ3) is 3.19. The lowest BCUT2D eigenvalue weighted by molar-refractivity contribution is -0.387. The van der Waals surface area contributed by atoms with Crippen LogP contribution < -0.4 is 4.18 Å². The smallest absolute Gasteiger partial charge is 0.346 e. The van der Waals surface area contributed by atoms with Crippen LogP contribution in [0.2, 0.25) is 0 Å². The Balaban J connectivity index is 2.46. The second-order valence-corrected chi connectivity index (χ2v) is 5.74. The van der Waals surface area contributed by atoms with Gasteiger partial charge in [-0.05, 0) is 24.1 Å². The Morgan fingerprint density at radius 1 is 1.10 bits per heavy atom. The summed E-state index contributed by atoms with van der Waals surface area (Å²) in [7, 11) is -4.26. The summed E-state index contributed by atoms with van der Waals surface area (Å²) < 4.78 is 29.6. The Labute approximate surface area is 122 Å². The van der Waals surface area contributed by atoms with Gasteiger partial charge < -0.3 is 4.18 Å². The number of hydrogen-bond acceptors (Lipinski definition) is 5. The van der Waals surface area contributed by atoms with Crippen molar-refractivity contribution in [2.24, 2.45) is 0 Å². The first-order valence-electron chi connectivity index (χ1n) is 6.21. The first kappa shape index (κ1) is 15.0. The molecule has 0 unspecified atom stereocenters. The molecule has 110 valence electrons. The average molecular weight is 307 g/mol. The molecule has 0 bridgehead atoms. The van der Waals surface area contributed by atoms with Gasteiger partial charge in [-0.1, -0.05) is 37.3 Å². The van der Waals surface area contributed by atoms with Crippen molar-refractivity contribution in [3.8, 4) is 5.75 Å². The fraction of sp³-hybridized carbons (Fsp3) is 0.143. The van der Waals surface area contributed by atoms with Crippen LogP contribution in [0.25, 0.3) is 0 Å². The molecule has 0 fully saturated rings. The number of nitrogens with zero attached hydrogens (tertiary/aromatic N) is 1. The molecule has 7 heteroatoms. The zero-order valence-electron chi connectivity index (χ0n) is 11.2. The van der Waals surface area contributed by atoms with Crippen molar-refractivity contribution in [2.75, 3.05) is 0 Å². The van der Waals surface area contributed by atoms with E-state index in [2.05, 4.69) is 0 Å². The number of rotatable bonds is 5. The minimum absolute atomic E-state index is 0.179. The van der Waals surface area contributed by atoms with Gasteiger partial charge in [-0.25, -0.2) is 0 Å². The second kappa shape index (κ2) is 5.92. The third-order valence-electron chi connectivity index (χ3n) is 2.88. The molecule has 0 amide bonds. The van der Waals surface area contributed by atoms with E-state index in [1.165, 1.54) is 18.2 Å². The van der Waals surface area contributed by atoms with Gasteiger partial charge in [0.05, 0.1) is 4.92 Å². The van der Waals surface area contributed by atoms with Crippen molar-refractivity contribution < 1.29 is 17.5 Å². The summed E-state index contributed by atoms with van der Waals surface area (Å²) in [6.07, 6.45) is 0.586. The van der Waals surface area contributed by atoms with Crippen LogP contribution in [0.5, 0.6) is 5.75 Å². The van der Waals surface area contributed by atoms with Gasteiger partial charge in [0.15, 0.2) is 4.90 Å². The summed E-state index contributed by atoms with van der Waals surface area (Å²) in [5.74, 6) is 0.179. The quantitative estimate of drug-likeness (QED) is 0.481. The van der Waals surface area contributed by atoms with Crippen LogP contribution in [0.4, 0.5) is 5.69 Å². The van der Waals surface area contributed by atoms with Gasteiger partial charge in [0.1, 0.15) is 5.75 Å². The highest BCUT2D eigenvalue weighted by molar-refractivity contribution is 7.87. The van der Waals surface area contributed by atoms with E-state index in [0.717, 1.165) is 12.1 Å². The van der Waals surface area contributed by atoms with E-state index in [1.54, 1.807) is 18.2 Å². The van der Waals surface area contributed by atoms with Crippen LogP contribution in [0.15, 0.2) is 53.4 Å². The highest BCUT2D eigenvalue weighted by Gasteiger charge is 2.27. The number of aryl methyl sites for hydroxylation is 1. The summed E-state index contributed by atoms with van der Waals surface area (Å²) in [5, 5.41) is 10.9. The zero-order valence-corrected chi connectivity index (χ0v) is 12.0. The molecule has 0 atom stereocenters. The Morgan fingerprint density at radius 3 is 2.38 bits per heavy atom. The van der Waals surface area contributed by atoms with Gasteiger partial charge >= 0.3 is 10.1 Å². The van der Waals surface area contributed by atoms with E-state index < -0.39 is 25.6 Å². The van der Waals surface area contributed by atoms with Gasteiger partial charge in [0, 0.05) is 6.07 Å². The van der Waals surface area contributed by atoms with Crippen LogP contribution in [0, 0.1) is 10.1 Å². The summed E-state index contributed by atoms with van der Waals surface area (Å²) in [4.78, 5) is 9.72. The third-order valence-corrected chi connectivity index (χ3v) is 4.17. The largest absolute Gasteiger partial charge is 0.378 e. The van der Waals surface area contributed by atoms with Gasteiger partial charge in [0.25, 0.3) is 5.69 Å². The van der Waals surface area contributed by atoms with E-state index >= 15 is 0 Å². The molecule has 0 aliphatic carbocycles. The molecule has 0 aromatic heterocycles. The Hall–Kier alpha value is -2.41. The number of hydrogen-bond donors (Lipinski definition) is 0. The minimum Gasteiger partial charge on any atom is -0.378 e. The normalized spacial score (nSPS) is 11.1. The first-order valence-corrected chi connectivity index (χ1v) is 7.62. The predicted octanol–water partition coefficient (Wildman–Crippen LogP) is 2.92. The molecule has 0 aliphatic heterocycles. The van der Waals surface area contributed by atoms with Crippen LogP contribution in [0.1, 0.15) is 12.5 Å². The Morgan fingerprint density at radius 2 is 1.71 bits per heavy atom. The number of nitro groups is 1. The van der Waals surface area contributed by atoms with Crippen molar-refractivity contribution in [1.82, 2.24) is 0 Å². The van der Waals surface area contributed by atoms with E-state index in [9.17, 15) is 18.5 Å². The van der Waals surface area contributed by atoms with E-state index in [4.69, 9.17) is 4.18 Å². The highest BCUT2D eigenvalue weighted by atomic mass is 32.2. The lowest BCUT2D eigenvalue weighted by atomic mass is 10.1. The van der Waals surface area contributed by atoms with E-state index in [-0.39, 0.29) is 5.75 Å². The summed E-state index contributed by atoms with van der Waals surface area (Å²) in [5.41, 5.74) is 0.200. The summed E-state index contributed by atoms with van der Waals surface area (Å²) in [6.45, 7) is 1.86. The summed E-state index contributed by atoms with van der Waals surface area (Å²) in [6, 6.07) is 11.8. The van der Waals surface area contributed by atoms with E-state index in [0.29, 0.717) is 12.0 Å². The highest BCUT2D eigenvalue weighted by Crippen LogP contribution is 2.28. The Bertz CT molecular complexity index is 770. The van der Waals surface area contributed by atoms with Crippen molar-refractivity contribution in [2.45, 2.75) is 18.2 Å². The fourth-order valence-electron chi connectivity index (χ4n) is 1.86. The molecule has 0 radical (unpaired) electrons. The molecule has 0 heterocycles. The van der Waals surface area contributed by atoms with Crippen LogP contribution in [0.3, 0.4) is 0 Å². The molecule has 2 aromatic rings. The lowest BCUT2D eigenvalue weighted by Crippen LogP contribution is -2.12. The molecule has 0 saturated carbocycles. The molecule has 0 aliphatic rings. The molecule has 0 N–H and O–H groups in total. The molecular formula is C14H13NO5S. The van der Waals surface area contributed by atoms with Gasteiger partial charge in [-0.2, -0.15) is 8.42 Å². The Kier molecular flexibility index (Phi) is 4.23. The maximum atomic E-state index is 12.3. The predicted molar refractivity (Wildman–Crippen MR) is 76.7 cm³/mol.